The average molecular weight is 276 g/mol. The van der Waals surface area contributed by atoms with E-state index in [1.807, 2.05) is 43.3 Å². The van der Waals surface area contributed by atoms with Crippen molar-refractivity contribution in [3.05, 3.63) is 29.8 Å². The lowest BCUT2D eigenvalue weighted by Gasteiger charge is -2.18. The number of rotatable bonds is 5. The molecule has 0 aliphatic heterocycles. The quantitative estimate of drug-likeness (QED) is 0.884. The van der Waals surface area contributed by atoms with Crippen molar-refractivity contribution in [1.82, 2.24) is 4.90 Å². The zero-order valence-corrected chi connectivity index (χ0v) is 12.0. The number of carbonyl (C=O) groups is 2. The van der Waals surface area contributed by atoms with E-state index in [0.717, 1.165) is 11.3 Å². The lowest BCUT2D eigenvalue weighted by molar-refractivity contribution is -0.141. The maximum Gasteiger partial charge on any atom is 0.307 e. The van der Waals surface area contributed by atoms with E-state index in [1.165, 1.54) is 0 Å². The van der Waals surface area contributed by atoms with Crippen molar-refractivity contribution in [2.24, 2.45) is 11.8 Å². The molecule has 5 heteroatoms. The summed E-state index contributed by atoms with van der Waals surface area (Å²) in [6.07, 6.45) is 0.470. The van der Waals surface area contributed by atoms with Crippen LogP contribution in [0, 0.1) is 11.8 Å². The van der Waals surface area contributed by atoms with Gasteiger partial charge in [0.1, 0.15) is 0 Å². The van der Waals surface area contributed by atoms with E-state index >= 15 is 0 Å². The van der Waals surface area contributed by atoms with Gasteiger partial charge in [-0.2, -0.15) is 0 Å². The van der Waals surface area contributed by atoms with E-state index in [-0.39, 0.29) is 11.8 Å². The molecule has 20 heavy (non-hydrogen) atoms. The lowest BCUT2D eigenvalue weighted by atomic mass is 10.2. The van der Waals surface area contributed by atoms with Crippen molar-refractivity contribution >= 4 is 17.6 Å². The van der Waals surface area contributed by atoms with Gasteiger partial charge in [-0.15, -0.1) is 0 Å². The molecule has 1 aromatic carbocycles. The molecule has 1 aromatic rings. The Hall–Kier alpha value is -2.04. The monoisotopic (exact) mass is 276 g/mol. The molecule has 0 radical (unpaired) electrons. The van der Waals surface area contributed by atoms with Crippen LogP contribution in [0.5, 0.6) is 0 Å². The van der Waals surface area contributed by atoms with Crippen LogP contribution in [-0.2, 0) is 16.1 Å². The molecule has 1 amide bonds. The molecule has 2 rings (SSSR count). The van der Waals surface area contributed by atoms with Crippen LogP contribution in [-0.4, -0.2) is 43.0 Å². The highest BCUT2D eigenvalue weighted by molar-refractivity contribution is 5.89. The lowest BCUT2D eigenvalue weighted by Crippen LogP contribution is -2.28. The SMILES string of the molecule is CN(Cc1ccc(N(C)C)cc1)C(=O)C1CC1C(=O)O. The first-order chi connectivity index (χ1) is 9.40. The van der Waals surface area contributed by atoms with Gasteiger partial charge in [0.2, 0.25) is 5.91 Å². The summed E-state index contributed by atoms with van der Waals surface area (Å²) in [5.74, 6) is -1.76. The van der Waals surface area contributed by atoms with E-state index in [0.29, 0.717) is 13.0 Å². The molecule has 1 saturated carbocycles. The molecule has 0 heterocycles. The molecule has 2 atom stereocenters. The fourth-order valence-corrected chi connectivity index (χ4v) is 2.28. The van der Waals surface area contributed by atoms with Gasteiger partial charge in [0, 0.05) is 33.4 Å². The predicted molar refractivity (Wildman–Crippen MR) is 76.5 cm³/mol. The molecular weight excluding hydrogens is 256 g/mol. The molecule has 0 bridgehead atoms. The summed E-state index contributed by atoms with van der Waals surface area (Å²) >= 11 is 0. The molecule has 0 spiro atoms. The minimum Gasteiger partial charge on any atom is -0.481 e. The summed E-state index contributed by atoms with van der Waals surface area (Å²) in [5.41, 5.74) is 2.15. The third-order valence-corrected chi connectivity index (χ3v) is 3.67. The molecule has 0 aromatic heterocycles. The topological polar surface area (TPSA) is 60.9 Å². The number of carboxylic acids is 1. The van der Waals surface area contributed by atoms with Gasteiger partial charge in [-0.3, -0.25) is 9.59 Å². The summed E-state index contributed by atoms with van der Waals surface area (Å²) in [4.78, 5) is 26.5. The first-order valence-corrected chi connectivity index (χ1v) is 6.64. The van der Waals surface area contributed by atoms with Crippen LogP contribution in [0.2, 0.25) is 0 Å². The van der Waals surface area contributed by atoms with Crippen LogP contribution >= 0.6 is 0 Å². The standard InChI is InChI=1S/C15H20N2O3/c1-16(2)11-6-4-10(5-7-11)9-17(3)14(18)12-8-13(12)15(19)20/h4-7,12-13H,8-9H2,1-3H3,(H,19,20). The van der Waals surface area contributed by atoms with Gasteiger partial charge in [-0.05, 0) is 24.1 Å². The Morgan fingerprint density at radius 1 is 1.15 bits per heavy atom. The zero-order chi connectivity index (χ0) is 14.9. The summed E-state index contributed by atoms with van der Waals surface area (Å²) in [6, 6.07) is 7.98. The normalized spacial score (nSPS) is 20.4. The highest BCUT2D eigenvalue weighted by Crippen LogP contribution is 2.40. The van der Waals surface area contributed by atoms with Crippen LogP contribution < -0.4 is 4.90 Å². The van der Waals surface area contributed by atoms with Gasteiger partial charge in [0.15, 0.2) is 0 Å². The van der Waals surface area contributed by atoms with Crippen molar-refractivity contribution in [2.75, 3.05) is 26.0 Å². The van der Waals surface area contributed by atoms with E-state index < -0.39 is 11.9 Å². The highest BCUT2D eigenvalue weighted by atomic mass is 16.4. The predicted octanol–water partition coefficient (Wildman–Crippen LogP) is 1.43. The molecule has 0 saturated heterocycles. The van der Waals surface area contributed by atoms with Crippen LogP contribution in [0.15, 0.2) is 24.3 Å². The van der Waals surface area contributed by atoms with Gasteiger partial charge in [0.05, 0.1) is 11.8 Å². The van der Waals surface area contributed by atoms with E-state index in [4.69, 9.17) is 5.11 Å². The Morgan fingerprint density at radius 2 is 1.75 bits per heavy atom. The zero-order valence-electron chi connectivity index (χ0n) is 12.0. The van der Waals surface area contributed by atoms with Gasteiger partial charge in [-0.25, -0.2) is 0 Å². The third kappa shape index (κ3) is 3.10. The number of amides is 1. The largest absolute Gasteiger partial charge is 0.481 e. The molecular formula is C15H20N2O3. The van der Waals surface area contributed by atoms with Crippen molar-refractivity contribution in [3.63, 3.8) is 0 Å². The van der Waals surface area contributed by atoms with Crippen LogP contribution in [0.3, 0.4) is 0 Å². The second kappa shape index (κ2) is 5.53. The number of hydrogen-bond acceptors (Lipinski definition) is 3. The fraction of sp³-hybridized carbons (Fsp3) is 0.467. The number of anilines is 1. The molecule has 108 valence electrons. The smallest absolute Gasteiger partial charge is 0.307 e. The summed E-state index contributed by atoms with van der Waals surface area (Å²) in [7, 11) is 5.67. The maximum absolute atomic E-state index is 12.1. The molecule has 5 nitrogen and oxygen atoms in total. The molecule has 1 aliphatic rings. The van der Waals surface area contributed by atoms with Gasteiger partial charge in [-0.1, -0.05) is 12.1 Å². The first kappa shape index (κ1) is 14.4. The number of benzene rings is 1. The molecule has 2 unspecified atom stereocenters. The second-order valence-corrected chi connectivity index (χ2v) is 5.54. The Kier molecular flexibility index (Phi) is 3.97. The van der Waals surface area contributed by atoms with Crippen molar-refractivity contribution < 1.29 is 14.7 Å². The fourth-order valence-electron chi connectivity index (χ4n) is 2.28. The van der Waals surface area contributed by atoms with Crippen LogP contribution in [0.4, 0.5) is 5.69 Å². The maximum atomic E-state index is 12.1. The number of hydrogen-bond donors (Lipinski definition) is 1. The van der Waals surface area contributed by atoms with Crippen LogP contribution in [0.25, 0.3) is 0 Å². The summed E-state index contributed by atoms with van der Waals surface area (Å²) in [5, 5.41) is 8.85. The Bertz CT molecular complexity index is 510. The average Bonchev–Trinajstić information content (AvgIpc) is 3.18. The third-order valence-electron chi connectivity index (χ3n) is 3.67. The number of carbonyl (C=O) groups excluding carboxylic acids is 1. The van der Waals surface area contributed by atoms with Crippen molar-refractivity contribution in [3.8, 4) is 0 Å². The van der Waals surface area contributed by atoms with Gasteiger partial charge in [0.25, 0.3) is 0 Å². The van der Waals surface area contributed by atoms with Crippen LogP contribution in [0.1, 0.15) is 12.0 Å². The van der Waals surface area contributed by atoms with Gasteiger partial charge >= 0.3 is 5.97 Å². The Morgan fingerprint density at radius 3 is 2.20 bits per heavy atom. The van der Waals surface area contributed by atoms with E-state index in [1.54, 1.807) is 11.9 Å². The van der Waals surface area contributed by atoms with Crippen molar-refractivity contribution in [1.29, 1.82) is 0 Å². The minimum absolute atomic E-state index is 0.0749. The Labute approximate surface area is 118 Å². The summed E-state index contributed by atoms with van der Waals surface area (Å²) in [6.45, 7) is 0.509. The second-order valence-electron chi connectivity index (χ2n) is 5.54. The van der Waals surface area contributed by atoms with Gasteiger partial charge < -0.3 is 14.9 Å². The molecule has 1 aliphatic carbocycles. The number of nitrogens with zero attached hydrogens (tertiary/aromatic N) is 2. The first-order valence-electron chi connectivity index (χ1n) is 6.64. The van der Waals surface area contributed by atoms with E-state index in [9.17, 15) is 9.59 Å². The van der Waals surface area contributed by atoms with Crippen molar-refractivity contribution in [2.45, 2.75) is 13.0 Å². The highest BCUT2D eigenvalue weighted by Gasteiger charge is 2.49. The summed E-state index contributed by atoms with van der Waals surface area (Å²) < 4.78 is 0. The minimum atomic E-state index is -0.868. The Balaban J connectivity index is 1.93. The van der Waals surface area contributed by atoms with E-state index in [2.05, 4.69) is 0 Å². The molecule has 1 N–H and O–H groups in total. The number of carboxylic acid groups (broad SMARTS) is 1. The molecule has 1 fully saturated rings. The number of aliphatic carboxylic acids is 1.